The van der Waals surface area contributed by atoms with Gasteiger partial charge in [0.1, 0.15) is 5.69 Å². The van der Waals surface area contributed by atoms with Crippen LogP contribution in [0.3, 0.4) is 0 Å². The highest BCUT2D eigenvalue weighted by atomic mass is 19.2. The first-order valence-corrected chi connectivity index (χ1v) is 7.01. The summed E-state index contributed by atoms with van der Waals surface area (Å²) in [7, 11) is 0. The predicted molar refractivity (Wildman–Crippen MR) is 73.1 cm³/mol. The van der Waals surface area contributed by atoms with Crippen LogP contribution in [0.25, 0.3) is 0 Å². The Morgan fingerprint density at radius 2 is 1.42 bits per heavy atom. The Morgan fingerprint density at radius 3 is 1.92 bits per heavy atom. The molecule has 128 valence electrons. The molecule has 9 heteroatoms. The molecule has 0 N–H and O–H groups in total. The number of hydrogen-bond acceptors (Lipinski definition) is 3. The van der Waals surface area contributed by atoms with Crippen molar-refractivity contribution in [3.05, 3.63) is 53.2 Å². The molecule has 0 bridgehead atoms. The Bertz CT molecular complexity index is 742. The summed E-state index contributed by atoms with van der Waals surface area (Å²) in [5, 5.41) is 0. The number of furan rings is 1. The number of anilines is 1. The number of amides is 1. The first-order valence-electron chi connectivity index (χ1n) is 7.01. The molecular weight excluding hydrogens is 335 g/mol. The van der Waals surface area contributed by atoms with Gasteiger partial charge in [-0.1, -0.05) is 0 Å². The van der Waals surface area contributed by atoms with E-state index in [-0.39, 0.29) is 31.9 Å². The van der Waals surface area contributed by atoms with Crippen molar-refractivity contribution in [3.8, 4) is 0 Å². The maximum atomic E-state index is 13.8. The lowest BCUT2D eigenvalue weighted by atomic mass is 10.2. The van der Waals surface area contributed by atoms with Crippen molar-refractivity contribution in [1.29, 1.82) is 0 Å². The van der Waals surface area contributed by atoms with Gasteiger partial charge in [0.05, 0.1) is 6.26 Å². The van der Waals surface area contributed by atoms with Gasteiger partial charge in [-0.05, 0) is 12.1 Å². The molecule has 4 nitrogen and oxygen atoms in total. The van der Waals surface area contributed by atoms with Crippen molar-refractivity contribution in [1.82, 2.24) is 4.90 Å². The fourth-order valence-corrected chi connectivity index (χ4v) is 2.56. The predicted octanol–water partition coefficient (Wildman–Crippen LogP) is 2.94. The maximum Gasteiger partial charge on any atom is 0.289 e. The summed E-state index contributed by atoms with van der Waals surface area (Å²) in [5.41, 5.74) is -0.975. The molecule has 3 rings (SSSR count). The quantitative estimate of drug-likeness (QED) is 0.477. The average molecular weight is 346 g/mol. The minimum absolute atomic E-state index is 0.0546. The van der Waals surface area contributed by atoms with Crippen molar-refractivity contribution in [2.75, 3.05) is 31.1 Å². The highest BCUT2D eigenvalue weighted by molar-refractivity contribution is 5.91. The first-order chi connectivity index (χ1) is 11.4. The number of benzene rings is 1. The van der Waals surface area contributed by atoms with E-state index in [0.717, 1.165) is 4.90 Å². The second kappa shape index (κ2) is 6.14. The summed E-state index contributed by atoms with van der Waals surface area (Å²) in [6.45, 7) is -0.0480. The highest BCUT2D eigenvalue weighted by Gasteiger charge is 2.32. The molecule has 1 saturated heterocycles. The normalized spacial score (nSPS) is 15.0. The van der Waals surface area contributed by atoms with E-state index < -0.39 is 40.7 Å². The zero-order chi connectivity index (χ0) is 17.4. The summed E-state index contributed by atoms with van der Waals surface area (Å²) < 4.78 is 72.2. The van der Waals surface area contributed by atoms with E-state index in [1.54, 1.807) is 0 Å². The van der Waals surface area contributed by atoms with Crippen molar-refractivity contribution in [2.45, 2.75) is 0 Å². The van der Waals surface area contributed by atoms with Crippen LogP contribution in [0.1, 0.15) is 10.6 Å². The summed E-state index contributed by atoms with van der Waals surface area (Å²) in [5.74, 6) is -10.2. The molecule has 0 unspecified atom stereocenters. The fraction of sp³-hybridized carbons (Fsp3) is 0.267. The number of carbonyl (C=O) groups is 1. The van der Waals surface area contributed by atoms with E-state index in [0.29, 0.717) is 0 Å². The van der Waals surface area contributed by atoms with Crippen molar-refractivity contribution in [2.24, 2.45) is 0 Å². The van der Waals surface area contributed by atoms with Gasteiger partial charge in [-0.3, -0.25) is 4.79 Å². The van der Waals surface area contributed by atoms with Gasteiger partial charge in [0.15, 0.2) is 29.0 Å². The lowest BCUT2D eigenvalue weighted by Crippen LogP contribution is -2.49. The number of rotatable bonds is 2. The van der Waals surface area contributed by atoms with Gasteiger partial charge in [-0.25, -0.2) is 22.0 Å². The van der Waals surface area contributed by atoms with E-state index in [9.17, 15) is 26.7 Å². The topological polar surface area (TPSA) is 36.7 Å². The number of nitrogens with zero attached hydrogens (tertiary/aromatic N) is 2. The van der Waals surface area contributed by atoms with Crippen LogP contribution >= 0.6 is 0 Å². The second-order valence-corrected chi connectivity index (χ2v) is 5.18. The molecule has 1 fully saturated rings. The monoisotopic (exact) mass is 346 g/mol. The van der Waals surface area contributed by atoms with Crippen molar-refractivity contribution < 1.29 is 31.2 Å². The summed E-state index contributed by atoms with van der Waals surface area (Å²) in [4.78, 5) is 14.5. The fourth-order valence-electron chi connectivity index (χ4n) is 2.56. The number of hydrogen-bond donors (Lipinski definition) is 0. The van der Waals surface area contributed by atoms with Gasteiger partial charge in [0, 0.05) is 26.2 Å². The van der Waals surface area contributed by atoms with Gasteiger partial charge in [-0.2, -0.15) is 0 Å². The molecule has 2 aromatic rings. The second-order valence-electron chi connectivity index (χ2n) is 5.18. The van der Waals surface area contributed by atoms with E-state index in [2.05, 4.69) is 0 Å². The summed E-state index contributed by atoms with van der Waals surface area (Å²) in [6.07, 6.45) is 1.33. The molecule has 2 heterocycles. The third kappa shape index (κ3) is 2.59. The molecule has 0 radical (unpaired) electrons. The molecule has 0 saturated carbocycles. The van der Waals surface area contributed by atoms with Gasteiger partial charge in [0.2, 0.25) is 5.82 Å². The van der Waals surface area contributed by atoms with Crippen LogP contribution < -0.4 is 4.90 Å². The molecule has 1 aliphatic heterocycles. The van der Waals surface area contributed by atoms with Crippen LogP contribution in [0.4, 0.5) is 27.6 Å². The van der Waals surface area contributed by atoms with E-state index >= 15 is 0 Å². The van der Waals surface area contributed by atoms with Crippen LogP contribution in [-0.4, -0.2) is 37.0 Å². The molecule has 0 spiro atoms. The molecule has 1 amide bonds. The lowest BCUT2D eigenvalue weighted by molar-refractivity contribution is 0.0714. The molecule has 1 aromatic carbocycles. The van der Waals surface area contributed by atoms with E-state index in [1.165, 1.54) is 23.3 Å². The number of piperazine rings is 1. The standard InChI is InChI=1S/C15H11F5N2O2/c16-9-10(17)12(19)14(13(20)11(9)18)21-3-5-22(6-4-21)15(23)8-2-1-7-24-8/h1-2,7H,3-6H2. The van der Waals surface area contributed by atoms with E-state index in [1.807, 2.05) is 0 Å². The Balaban J connectivity index is 1.79. The minimum Gasteiger partial charge on any atom is -0.459 e. The molecule has 0 aliphatic carbocycles. The van der Waals surface area contributed by atoms with Gasteiger partial charge >= 0.3 is 0 Å². The van der Waals surface area contributed by atoms with Crippen LogP contribution in [0.2, 0.25) is 0 Å². The smallest absolute Gasteiger partial charge is 0.289 e. The zero-order valence-electron chi connectivity index (χ0n) is 12.2. The van der Waals surface area contributed by atoms with Crippen molar-refractivity contribution in [3.63, 3.8) is 0 Å². The van der Waals surface area contributed by atoms with Crippen LogP contribution in [-0.2, 0) is 0 Å². The molecule has 1 aliphatic rings. The Labute approximate surface area is 133 Å². The molecule has 1 aromatic heterocycles. The third-order valence-electron chi connectivity index (χ3n) is 3.80. The van der Waals surface area contributed by atoms with Crippen LogP contribution in [0, 0.1) is 29.1 Å². The Hall–Kier alpha value is -2.58. The largest absolute Gasteiger partial charge is 0.459 e. The van der Waals surface area contributed by atoms with Crippen molar-refractivity contribution >= 4 is 11.6 Å². The van der Waals surface area contributed by atoms with Crippen LogP contribution in [0.5, 0.6) is 0 Å². The summed E-state index contributed by atoms with van der Waals surface area (Å²) >= 11 is 0. The SMILES string of the molecule is O=C(c1ccco1)N1CCN(c2c(F)c(F)c(F)c(F)c2F)CC1. The third-order valence-corrected chi connectivity index (χ3v) is 3.80. The number of carbonyl (C=O) groups excluding carboxylic acids is 1. The summed E-state index contributed by atoms with van der Waals surface area (Å²) in [6, 6.07) is 3.01. The zero-order valence-corrected chi connectivity index (χ0v) is 12.2. The molecular formula is C15H11F5N2O2. The molecule has 0 atom stereocenters. The first kappa shape index (κ1) is 16.3. The lowest BCUT2D eigenvalue weighted by Gasteiger charge is -2.36. The average Bonchev–Trinajstić information content (AvgIpc) is 3.13. The Morgan fingerprint density at radius 1 is 0.875 bits per heavy atom. The van der Waals surface area contributed by atoms with Crippen LogP contribution in [0.15, 0.2) is 22.8 Å². The van der Waals surface area contributed by atoms with Gasteiger partial charge < -0.3 is 14.2 Å². The Kier molecular flexibility index (Phi) is 4.16. The maximum absolute atomic E-state index is 13.8. The van der Waals surface area contributed by atoms with Gasteiger partial charge in [-0.15, -0.1) is 0 Å². The van der Waals surface area contributed by atoms with Gasteiger partial charge in [0.25, 0.3) is 5.91 Å². The van der Waals surface area contributed by atoms with E-state index in [4.69, 9.17) is 4.42 Å². The minimum atomic E-state index is -2.19. The molecule has 24 heavy (non-hydrogen) atoms. The number of halogens is 5. The highest BCUT2D eigenvalue weighted by Crippen LogP contribution is 2.30.